The fourth-order valence-corrected chi connectivity index (χ4v) is 14.1. The molecule has 0 aromatic heterocycles. The highest BCUT2D eigenvalue weighted by molar-refractivity contribution is 6.01. The lowest BCUT2D eigenvalue weighted by atomic mass is 9.98. The molecule has 0 bridgehead atoms. The van der Waals surface area contributed by atoms with E-state index in [-0.39, 0.29) is 41.5 Å². The number of hydrogen-bond donors (Lipinski definition) is 1. The summed E-state index contributed by atoms with van der Waals surface area (Å²) in [6.07, 6.45) is 10.3. The highest BCUT2D eigenvalue weighted by Gasteiger charge is 2.29. The summed E-state index contributed by atoms with van der Waals surface area (Å²) in [6.45, 7) is 25.0. The molecule has 101 heavy (non-hydrogen) atoms. The third-order valence-corrected chi connectivity index (χ3v) is 20.3. The standard InChI is InChI=1S/C33H39N3O3.C27H34FN3O4.C21H31N3O3/c1-26-9-7-18-35(26)19-8-24-39-29-16-14-28(15-17-29)32(37)25-34-20-22-36(23-21-34)33(38)31-13-6-5-12-30(31)27-10-3-2-4-11-27;1-21-4-2-13-30(21)14-3-19-34-24-9-5-22(6-10-24)26(32)20-29-15-17-31(18-16-29)27(33)35-25-11-7-23(28)8-12-25;1-16-13-18(19(25)14-23-11-8-22-21(26)15-23)6-7-20(16)27-12-4-10-24-9-3-5-17(24)2/h2-6,10-17,26H,7-9,18-25H2,1H3;5-12,21H,2-4,13-20H2,1H3;6-7,13,17H,3-5,8-12,14-15H2,1-2H3,(H,22,26)/t26-;21-;17-/m111/s1. The monoisotopic (exact) mass is 1380 g/mol. The Hall–Kier alpha value is -8.37. The van der Waals surface area contributed by atoms with Crippen molar-refractivity contribution in [1.82, 2.24) is 44.5 Å². The van der Waals surface area contributed by atoms with Crippen molar-refractivity contribution in [2.45, 2.75) is 104 Å². The number of amides is 3. The molecule has 6 aliphatic heterocycles. The van der Waals surface area contributed by atoms with Gasteiger partial charge in [0.05, 0.1) is 46.0 Å². The van der Waals surface area contributed by atoms with Crippen LogP contribution in [0.2, 0.25) is 0 Å². The number of halogens is 1. The molecule has 20 heteroatoms. The number of aryl methyl sites for hydroxylation is 1. The van der Waals surface area contributed by atoms with Gasteiger partial charge in [-0.05, 0) is 219 Å². The Kier molecular flexibility index (Phi) is 28.8. The zero-order valence-corrected chi connectivity index (χ0v) is 59.8. The van der Waals surface area contributed by atoms with Crippen molar-refractivity contribution in [2.24, 2.45) is 0 Å². The summed E-state index contributed by atoms with van der Waals surface area (Å²) in [7, 11) is 0. The minimum absolute atomic E-state index is 0.0164. The fourth-order valence-electron chi connectivity index (χ4n) is 14.1. The topological polar surface area (TPSA) is 177 Å². The third kappa shape index (κ3) is 23.1. The highest BCUT2D eigenvalue weighted by Crippen LogP contribution is 2.27. The molecule has 0 unspecified atom stereocenters. The lowest BCUT2D eigenvalue weighted by molar-refractivity contribution is -0.123. The molecule has 6 heterocycles. The van der Waals surface area contributed by atoms with E-state index in [0.717, 1.165) is 78.4 Å². The molecule has 3 amide bonds. The first-order valence-electron chi connectivity index (χ1n) is 36.7. The molecule has 6 aromatic rings. The van der Waals surface area contributed by atoms with Crippen LogP contribution >= 0.6 is 0 Å². The van der Waals surface area contributed by atoms with Crippen LogP contribution in [0.1, 0.15) is 126 Å². The summed E-state index contributed by atoms with van der Waals surface area (Å²) >= 11 is 0. The van der Waals surface area contributed by atoms with E-state index >= 15 is 0 Å². The highest BCUT2D eigenvalue weighted by atomic mass is 19.1. The van der Waals surface area contributed by atoms with E-state index in [9.17, 15) is 33.2 Å². The number of hydrogen-bond acceptors (Lipinski definition) is 16. The molecule has 6 fully saturated rings. The number of likely N-dealkylation sites (tertiary alicyclic amines) is 3. The van der Waals surface area contributed by atoms with Crippen molar-refractivity contribution in [2.75, 3.05) is 151 Å². The van der Waals surface area contributed by atoms with E-state index in [0.29, 0.717) is 145 Å². The van der Waals surface area contributed by atoms with Crippen LogP contribution in [0.5, 0.6) is 23.0 Å². The van der Waals surface area contributed by atoms with Crippen molar-refractivity contribution in [3.05, 3.63) is 179 Å². The second-order valence-electron chi connectivity index (χ2n) is 27.6. The van der Waals surface area contributed by atoms with Gasteiger partial charge < -0.3 is 48.8 Å². The first-order valence-corrected chi connectivity index (χ1v) is 36.7. The number of nitrogens with zero attached hydrogens (tertiary/aromatic N) is 8. The number of carbonyl (C=O) groups is 6. The number of rotatable bonds is 27. The Morgan fingerprint density at radius 3 is 1.43 bits per heavy atom. The predicted octanol–water partition coefficient (Wildman–Crippen LogP) is 11.2. The van der Waals surface area contributed by atoms with Gasteiger partial charge in [-0.25, -0.2) is 9.18 Å². The Morgan fingerprint density at radius 2 is 0.931 bits per heavy atom. The number of ketones is 3. The van der Waals surface area contributed by atoms with Gasteiger partial charge in [0.15, 0.2) is 17.3 Å². The van der Waals surface area contributed by atoms with Crippen LogP contribution in [0.3, 0.4) is 0 Å². The van der Waals surface area contributed by atoms with E-state index in [4.69, 9.17) is 18.9 Å². The number of benzene rings is 6. The van der Waals surface area contributed by atoms with Crippen LogP contribution in [-0.2, 0) is 4.79 Å². The molecule has 6 aromatic carbocycles. The van der Waals surface area contributed by atoms with Gasteiger partial charge in [-0.15, -0.1) is 0 Å². The SMILES string of the molecule is C[C@@H]1CCCN1CCCOc1ccc(C(=O)CN2CCN(C(=O)Oc3ccc(F)cc3)CC2)cc1.C[C@@H]1CCCN1CCCOc1ccc(C(=O)CN2CCN(C(=O)c3ccccc3-c3ccccc3)CC2)cc1.Cc1cc(C(=O)CN2CCNC(=O)C2)ccc1OCCCN1CCC[C@H]1C. The molecular weight excluding hydrogens is 1280 g/mol. The van der Waals surface area contributed by atoms with E-state index in [1.54, 1.807) is 4.90 Å². The molecular formula is C81H104FN9O10. The van der Waals surface area contributed by atoms with Gasteiger partial charge in [-0.2, -0.15) is 0 Å². The minimum atomic E-state index is -0.465. The third-order valence-electron chi connectivity index (χ3n) is 20.3. The Bertz CT molecular complexity index is 3620. The summed E-state index contributed by atoms with van der Waals surface area (Å²) in [5, 5.41) is 2.77. The van der Waals surface area contributed by atoms with Crippen LogP contribution < -0.4 is 24.3 Å². The number of carbonyl (C=O) groups excluding carboxylic acids is 6. The van der Waals surface area contributed by atoms with Crippen LogP contribution in [0.25, 0.3) is 11.1 Å². The zero-order chi connectivity index (χ0) is 70.9. The normalized spacial score (nSPS) is 19.3. The summed E-state index contributed by atoms with van der Waals surface area (Å²) in [5.74, 6) is 2.58. The number of piperazine rings is 3. The van der Waals surface area contributed by atoms with E-state index in [2.05, 4.69) is 45.7 Å². The lowest BCUT2D eigenvalue weighted by Crippen LogP contribution is -2.50. The summed E-state index contributed by atoms with van der Waals surface area (Å²) in [5.41, 5.74) is 5.72. The van der Waals surface area contributed by atoms with Gasteiger partial charge in [-0.1, -0.05) is 48.5 Å². The maximum absolute atomic E-state index is 13.4. The average molecular weight is 1380 g/mol. The van der Waals surface area contributed by atoms with Crippen molar-refractivity contribution < 1.29 is 52.1 Å². The smallest absolute Gasteiger partial charge is 0.415 e. The number of nitrogens with one attached hydrogen (secondary N) is 1. The first-order chi connectivity index (χ1) is 49.1. The van der Waals surface area contributed by atoms with Crippen LogP contribution in [0, 0.1) is 12.7 Å². The second-order valence-corrected chi connectivity index (χ2v) is 27.6. The Morgan fingerprint density at radius 1 is 0.475 bits per heavy atom. The quantitative estimate of drug-likeness (QED) is 0.0380. The summed E-state index contributed by atoms with van der Waals surface area (Å²) < 4.78 is 36.0. The second kappa shape index (κ2) is 38.6. The molecule has 0 saturated carbocycles. The summed E-state index contributed by atoms with van der Waals surface area (Å²) in [6, 6.07) is 45.7. The van der Waals surface area contributed by atoms with Gasteiger partial charge >= 0.3 is 6.09 Å². The molecule has 540 valence electrons. The molecule has 6 saturated heterocycles. The van der Waals surface area contributed by atoms with Gasteiger partial charge in [0.2, 0.25) is 5.91 Å². The van der Waals surface area contributed by atoms with E-state index in [1.807, 2.05) is 143 Å². The van der Waals surface area contributed by atoms with Gasteiger partial charge in [0.25, 0.3) is 5.91 Å². The molecule has 1 N–H and O–H groups in total. The van der Waals surface area contributed by atoms with Crippen LogP contribution in [-0.4, -0.2) is 243 Å². The molecule has 12 rings (SSSR count). The first kappa shape index (κ1) is 75.3. The average Bonchev–Trinajstić information content (AvgIpc) is 1.37. The van der Waals surface area contributed by atoms with Gasteiger partial charge in [0.1, 0.15) is 28.8 Å². The lowest BCUT2D eigenvalue weighted by Gasteiger charge is -2.34. The largest absolute Gasteiger partial charge is 0.494 e. The Balaban J connectivity index is 0.000000166. The van der Waals surface area contributed by atoms with E-state index < -0.39 is 6.09 Å². The van der Waals surface area contributed by atoms with Crippen molar-refractivity contribution in [3.63, 3.8) is 0 Å². The van der Waals surface area contributed by atoms with Crippen molar-refractivity contribution in [1.29, 1.82) is 0 Å². The van der Waals surface area contributed by atoms with Gasteiger partial charge in [-0.3, -0.25) is 38.7 Å². The van der Waals surface area contributed by atoms with Crippen LogP contribution in [0.15, 0.2) is 146 Å². The molecule has 3 atom stereocenters. The minimum Gasteiger partial charge on any atom is -0.494 e. The van der Waals surface area contributed by atoms with Crippen molar-refractivity contribution >= 4 is 35.3 Å². The molecule has 6 aliphatic rings. The van der Waals surface area contributed by atoms with Gasteiger partial charge in [0, 0.05) is 125 Å². The van der Waals surface area contributed by atoms with Crippen LogP contribution in [0.4, 0.5) is 9.18 Å². The summed E-state index contributed by atoms with van der Waals surface area (Å²) in [4.78, 5) is 92.4. The zero-order valence-electron chi connectivity index (χ0n) is 59.8. The molecule has 0 radical (unpaired) electrons. The molecule has 0 aliphatic carbocycles. The van der Waals surface area contributed by atoms with E-state index in [1.165, 1.54) is 82.4 Å². The maximum atomic E-state index is 13.4. The predicted molar refractivity (Wildman–Crippen MR) is 392 cm³/mol. The number of ether oxygens (including phenoxy) is 4. The Labute approximate surface area is 596 Å². The maximum Gasteiger partial charge on any atom is 0.415 e. The molecule has 0 spiro atoms. The van der Waals surface area contributed by atoms with Crippen molar-refractivity contribution in [3.8, 4) is 34.1 Å². The fraction of sp³-hybridized carbons (Fsp3) is 0.481. The molecule has 19 nitrogen and oxygen atoms in total. The number of Topliss-reactive ketones (excluding diaryl/α,β-unsaturated/α-hetero) is 3.